The van der Waals surface area contributed by atoms with Gasteiger partial charge in [0.25, 0.3) is 0 Å². The molecular weight excluding hydrogens is 438 g/mol. The van der Waals surface area contributed by atoms with Gasteiger partial charge in [-0.25, -0.2) is 13.4 Å². The maximum Gasteiger partial charge on any atom is 0.240 e. The number of carbonyl (C=O) groups is 1. The number of nitrogens with one attached hydrogen (secondary N) is 1. The molecule has 0 spiro atoms. The summed E-state index contributed by atoms with van der Waals surface area (Å²) in [6, 6.07) is 9.18. The second-order valence-electron chi connectivity index (χ2n) is 9.70. The summed E-state index contributed by atoms with van der Waals surface area (Å²) in [5.41, 5.74) is 5.51. The first-order chi connectivity index (χ1) is 15.7. The molecule has 2 N–H and O–H groups in total. The lowest BCUT2D eigenvalue weighted by atomic mass is 9.95. The number of nitrogens with zero attached hydrogens (tertiary/aromatic N) is 2. The minimum atomic E-state index is -3.06. The summed E-state index contributed by atoms with van der Waals surface area (Å²) in [6.07, 6.45) is 5.85. The van der Waals surface area contributed by atoms with Gasteiger partial charge in [0.1, 0.15) is 9.92 Å². The molecule has 5 rings (SSSR count). The van der Waals surface area contributed by atoms with E-state index in [9.17, 15) is 18.9 Å². The van der Waals surface area contributed by atoms with Gasteiger partial charge in [0, 0.05) is 6.42 Å². The number of aryl methyl sites for hydroxylation is 1. The zero-order chi connectivity index (χ0) is 23.4. The largest absolute Gasteiger partial charge is 0.386 e. The Hall–Kier alpha value is -2.80. The van der Waals surface area contributed by atoms with E-state index in [0.717, 1.165) is 41.5 Å². The third-order valence-electron chi connectivity index (χ3n) is 6.91. The molecule has 3 atom stereocenters. The van der Waals surface area contributed by atoms with Crippen LogP contribution in [0.1, 0.15) is 65.3 Å². The van der Waals surface area contributed by atoms with E-state index in [-0.39, 0.29) is 18.4 Å². The van der Waals surface area contributed by atoms with Crippen molar-refractivity contribution in [2.75, 3.05) is 0 Å². The molecule has 3 unspecified atom stereocenters. The Labute approximate surface area is 193 Å². The molecule has 2 aromatic rings. The van der Waals surface area contributed by atoms with Crippen LogP contribution >= 0.6 is 0 Å². The number of hydrogen-bond acceptors (Lipinski definition) is 6. The van der Waals surface area contributed by atoms with Crippen molar-refractivity contribution < 1.29 is 18.9 Å². The normalized spacial score (nSPS) is 25.8. The molecule has 0 aromatic heterocycles. The highest BCUT2D eigenvalue weighted by Crippen LogP contribution is 2.42. The molecule has 0 radical (unpaired) electrons. The molecule has 1 aliphatic heterocycles. The number of fused-ring (bicyclic) bond motifs is 2. The molecule has 1 fully saturated rings. The standard InChI is InChI=1S/C25H27N3O4S/c1-25(2,31)18-7-3-6-16(10-18)22-13-23(30)28-33(22,32)27-19-11-17-9-15-5-4-8-20(15)24(26-14-29)21(17)12-19/h3,6-7,9-10,19,22,31H,4-5,8,11-13H2,1-2H3,(H,27,28,30,32). The number of aliphatic hydroxyl groups is 1. The second kappa shape index (κ2) is 7.90. The van der Waals surface area contributed by atoms with E-state index in [0.29, 0.717) is 24.1 Å². The Morgan fingerprint density at radius 3 is 2.70 bits per heavy atom. The van der Waals surface area contributed by atoms with Crippen molar-refractivity contribution in [2.45, 2.75) is 69.3 Å². The van der Waals surface area contributed by atoms with Crippen LogP contribution in [0.15, 0.2) is 39.7 Å². The molecule has 8 heteroatoms. The number of rotatable bonds is 4. The number of hydrogen-bond donors (Lipinski definition) is 2. The molecule has 1 saturated heterocycles. The van der Waals surface area contributed by atoms with E-state index in [2.05, 4.69) is 15.8 Å². The number of carbonyl (C=O) groups excluding carboxylic acids is 2. The Balaban J connectivity index is 1.52. The lowest BCUT2D eigenvalue weighted by molar-refractivity contribution is -0.118. The number of benzene rings is 2. The monoisotopic (exact) mass is 465 g/mol. The first kappa shape index (κ1) is 22.0. The smallest absolute Gasteiger partial charge is 0.240 e. The SMILES string of the molecule is CC(C)(O)c1cccc(C2CC(=O)NS2(=O)=NC2Cc3cc4c(c(N=C=O)c3C2)CCC4)c1. The highest BCUT2D eigenvalue weighted by Gasteiger charge is 2.39. The van der Waals surface area contributed by atoms with Crippen molar-refractivity contribution in [3.05, 3.63) is 63.7 Å². The predicted molar refractivity (Wildman–Crippen MR) is 125 cm³/mol. The lowest BCUT2D eigenvalue weighted by Gasteiger charge is -2.21. The van der Waals surface area contributed by atoms with Gasteiger partial charge in [-0.05, 0) is 79.3 Å². The zero-order valence-corrected chi connectivity index (χ0v) is 19.6. The maximum atomic E-state index is 14.0. The van der Waals surface area contributed by atoms with E-state index in [1.165, 1.54) is 5.56 Å². The van der Waals surface area contributed by atoms with Crippen LogP contribution in [0, 0.1) is 0 Å². The Morgan fingerprint density at radius 2 is 1.94 bits per heavy atom. The van der Waals surface area contributed by atoms with Crippen molar-refractivity contribution in [1.29, 1.82) is 0 Å². The Morgan fingerprint density at radius 1 is 1.12 bits per heavy atom. The molecular formula is C25H27N3O4S. The average molecular weight is 466 g/mol. The van der Waals surface area contributed by atoms with Crippen LogP contribution in [0.3, 0.4) is 0 Å². The predicted octanol–water partition coefficient (Wildman–Crippen LogP) is 3.48. The third-order valence-corrected chi connectivity index (χ3v) is 9.25. The summed E-state index contributed by atoms with van der Waals surface area (Å²) >= 11 is 0. The quantitative estimate of drug-likeness (QED) is 0.532. The van der Waals surface area contributed by atoms with Gasteiger partial charge < -0.3 is 5.11 Å². The van der Waals surface area contributed by atoms with E-state index in [4.69, 9.17) is 4.36 Å². The molecule has 2 aliphatic carbocycles. The van der Waals surface area contributed by atoms with E-state index >= 15 is 0 Å². The minimum absolute atomic E-state index is 0.0896. The minimum Gasteiger partial charge on any atom is -0.386 e. The van der Waals surface area contributed by atoms with Gasteiger partial charge in [0.05, 0.1) is 22.6 Å². The van der Waals surface area contributed by atoms with Crippen LogP contribution in [0.5, 0.6) is 0 Å². The van der Waals surface area contributed by atoms with Crippen LogP contribution < -0.4 is 4.72 Å². The van der Waals surface area contributed by atoms with Gasteiger partial charge in [0.2, 0.25) is 12.0 Å². The van der Waals surface area contributed by atoms with Gasteiger partial charge >= 0.3 is 0 Å². The zero-order valence-electron chi connectivity index (χ0n) is 18.8. The summed E-state index contributed by atoms with van der Waals surface area (Å²) in [4.78, 5) is 27.5. The summed E-state index contributed by atoms with van der Waals surface area (Å²) in [6.45, 7) is 3.39. The molecule has 1 amide bonds. The topological polar surface area (TPSA) is 108 Å². The fourth-order valence-electron chi connectivity index (χ4n) is 5.36. The summed E-state index contributed by atoms with van der Waals surface area (Å²) < 4.78 is 21.3. The lowest BCUT2D eigenvalue weighted by Crippen LogP contribution is -2.24. The molecule has 0 saturated carbocycles. The van der Waals surface area contributed by atoms with Crippen LogP contribution in [0.2, 0.25) is 0 Å². The number of amides is 1. The van der Waals surface area contributed by atoms with Crippen molar-refractivity contribution >= 4 is 27.6 Å². The first-order valence-corrected chi connectivity index (χ1v) is 12.9. The van der Waals surface area contributed by atoms with Crippen molar-refractivity contribution in [3.63, 3.8) is 0 Å². The van der Waals surface area contributed by atoms with Crippen molar-refractivity contribution in [1.82, 2.24) is 4.72 Å². The molecule has 1 heterocycles. The van der Waals surface area contributed by atoms with Crippen LogP contribution in [-0.2, 0) is 50.8 Å². The molecule has 0 bridgehead atoms. The van der Waals surface area contributed by atoms with Gasteiger partial charge in [-0.3, -0.25) is 9.52 Å². The second-order valence-corrected chi connectivity index (χ2v) is 11.8. The fourth-order valence-corrected chi connectivity index (χ4v) is 7.59. The van der Waals surface area contributed by atoms with Crippen LogP contribution in [0.25, 0.3) is 0 Å². The molecule has 3 aliphatic rings. The summed E-state index contributed by atoms with van der Waals surface area (Å²) in [5.74, 6) is -0.289. The fraction of sp³-hybridized carbons (Fsp3) is 0.440. The van der Waals surface area contributed by atoms with Gasteiger partial charge in [-0.1, -0.05) is 30.3 Å². The molecule has 7 nitrogen and oxygen atoms in total. The van der Waals surface area contributed by atoms with Crippen LogP contribution in [0.4, 0.5) is 5.69 Å². The summed E-state index contributed by atoms with van der Waals surface area (Å²) in [7, 11) is -3.06. The highest BCUT2D eigenvalue weighted by atomic mass is 32.2. The van der Waals surface area contributed by atoms with Gasteiger partial charge in [-0.15, -0.1) is 0 Å². The van der Waals surface area contributed by atoms with Gasteiger partial charge in [0.15, 0.2) is 0 Å². The Bertz CT molecular complexity index is 1330. The first-order valence-electron chi connectivity index (χ1n) is 11.3. The third kappa shape index (κ3) is 3.92. The Kier molecular flexibility index (Phi) is 5.27. The molecule has 172 valence electrons. The maximum absolute atomic E-state index is 14.0. The highest BCUT2D eigenvalue weighted by molar-refractivity contribution is 7.93. The number of isocyanates is 1. The van der Waals surface area contributed by atoms with Crippen molar-refractivity contribution in [2.24, 2.45) is 9.36 Å². The van der Waals surface area contributed by atoms with Crippen LogP contribution in [-0.4, -0.2) is 27.3 Å². The van der Waals surface area contributed by atoms with E-state index in [1.54, 1.807) is 19.9 Å². The van der Waals surface area contributed by atoms with E-state index in [1.807, 2.05) is 24.3 Å². The molecule has 2 aromatic carbocycles. The van der Waals surface area contributed by atoms with Gasteiger partial charge in [-0.2, -0.15) is 4.99 Å². The molecule has 33 heavy (non-hydrogen) atoms. The average Bonchev–Trinajstić information content (AvgIpc) is 3.44. The number of aliphatic imine (C=N–C) groups is 1. The van der Waals surface area contributed by atoms with E-state index < -0.39 is 20.8 Å². The summed E-state index contributed by atoms with van der Waals surface area (Å²) in [5, 5.41) is 9.80. The van der Waals surface area contributed by atoms with Crippen molar-refractivity contribution in [3.8, 4) is 0 Å².